The van der Waals surface area contributed by atoms with Gasteiger partial charge in [0, 0.05) is 17.3 Å². The number of carbonyl (C=O) groups excluding carboxylic acids is 1. The van der Waals surface area contributed by atoms with E-state index in [1.165, 1.54) is 4.57 Å². The van der Waals surface area contributed by atoms with Crippen molar-refractivity contribution >= 4 is 22.4 Å². The molecule has 0 saturated carbocycles. The van der Waals surface area contributed by atoms with Crippen LogP contribution in [0.25, 0.3) is 10.8 Å². The minimum atomic E-state index is -0.227. The topological polar surface area (TPSA) is 60.3 Å². The van der Waals surface area contributed by atoms with E-state index in [0.29, 0.717) is 11.1 Å². The standard InChI is InChI=1S/C21H22N2O3/c1-13-9-14(2)20(15(3)10-13)22-19(24)12-23-8-7-16-11-17(26-4)5-6-18(16)21(23)25/h5-11H,12H2,1-4H3,(H,22,24). The molecule has 1 amide bonds. The fourth-order valence-electron chi connectivity index (χ4n) is 3.23. The Morgan fingerprint density at radius 1 is 1.08 bits per heavy atom. The molecule has 1 aromatic heterocycles. The van der Waals surface area contributed by atoms with E-state index >= 15 is 0 Å². The Hall–Kier alpha value is -3.08. The van der Waals surface area contributed by atoms with E-state index in [2.05, 4.69) is 5.32 Å². The first-order valence-corrected chi connectivity index (χ1v) is 8.44. The Bertz CT molecular complexity index is 1030. The summed E-state index contributed by atoms with van der Waals surface area (Å²) < 4.78 is 6.60. The predicted molar refractivity (Wildman–Crippen MR) is 104 cm³/mol. The van der Waals surface area contributed by atoms with Crippen LogP contribution in [0.15, 0.2) is 47.4 Å². The van der Waals surface area contributed by atoms with Crippen LogP contribution in [0.4, 0.5) is 5.69 Å². The summed E-state index contributed by atoms with van der Waals surface area (Å²) >= 11 is 0. The molecule has 134 valence electrons. The summed E-state index contributed by atoms with van der Waals surface area (Å²) in [6, 6.07) is 11.1. The molecule has 0 atom stereocenters. The van der Waals surface area contributed by atoms with Crippen LogP contribution in [0.2, 0.25) is 0 Å². The van der Waals surface area contributed by atoms with Crippen LogP contribution in [0, 0.1) is 20.8 Å². The predicted octanol–water partition coefficient (Wildman–Crippen LogP) is 3.57. The zero-order valence-electron chi connectivity index (χ0n) is 15.4. The number of fused-ring (bicyclic) bond motifs is 1. The van der Waals surface area contributed by atoms with E-state index in [0.717, 1.165) is 27.8 Å². The third-order valence-corrected chi connectivity index (χ3v) is 4.44. The summed E-state index contributed by atoms with van der Waals surface area (Å²) in [6.45, 7) is 5.92. The molecule has 0 radical (unpaired) electrons. The second kappa shape index (κ2) is 7.04. The minimum absolute atomic E-state index is 0.0342. The van der Waals surface area contributed by atoms with Crippen LogP contribution in [0.3, 0.4) is 0 Å². The number of rotatable bonds is 4. The second-order valence-electron chi connectivity index (χ2n) is 6.52. The van der Waals surface area contributed by atoms with E-state index in [1.807, 2.05) is 39.0 Å². The number of ether oxygens (including phenoxy) is 1. The maximum atomic E-state index is 12.6. The average Bonchev–Trinajstić information content (AvgIpc) is 2.60. The Kier molecular flexibility index (Phi) is 4.80. The van der Waals surface area contributed by atoms with Gasteiger partial charge in [-0.1, -0.05) is 17.7 Å². The van der Waals surface area contributed by atoms with Gasteiger partial charge < -0.3 is 14.6 Å². The summed E-state index contributed by atoms with van der Waals surface area (Å²) in [4.78, 5) is 25.1. The molecule has 0 spiro atoms. The third kappa shape index (κ3) is 3.47. The van der Waals surface area contributed by atoms with Crippen molar-refractivity contribution in [3.05, 3.63) is 69.6 Å². The number of amides is 1. The van der Waals surface area contributed by atoms with Crippen LogP contribution in [0.1, 0.15) is 16.7 Å². The van der Waals surface area contributed by atoms with Crippen molar-refractivity contribution in [3.63, 3.8) is 0 Å². The van der Waals surface area contributed by atoms with Crippen molar-refractivity contribution in [2.45, 2.75) is 27.3 Å². The number of hydrogen-bond acceptors (Lipinski definition) is 3. The molecule has 0 aliphatic heterocycles. The lowest BCUT2D eigenvalue weighted by Gasteiger charge is -2.14. The van der Waals surface area contributed by atoms with Crippen molar-refractivity contribution < 1.29 is 9.53 Å². The highest BCUT2D eigenvalue weighted by Gasteiger charge is 2.11. The molecule has 0 fully saturated rings. The lowest BCUT2D eigenvalue weighted by Crippen LogP contribution is -2.27. The normalized spacial score (nSPS) is 10.8. The molecule has 26 heavy (non-hydrogen) atoms. The quantitative estimate of drug-likeness (QED) is 0.782. The Morgan fingerprint density at radius 2 is 1.77 bits per heavy atom. The monoisotopic (exact) mass is 350 g/mol. The first kappa shape index (κ1) is 17.7. The number of hydrogen-bond donors (Lipinski definition) is 1. The van der Waals surface area contributed by atoms with Crippen molar-refractivity contribution in [2.75, 3.05) is 12.4 Å². The zero-order chi connectivity index (χ0) is 18.8. The number of anilines is 1. The molecule has 0 bridgehead atoms. The van der Waals surface area contributed by atoms with Gasteiger partial charge in [-0.3, -0.25) is 9.59 Å². The number of nitrogens with zero attached hydrogens (tertiary/aromatic N) is 1. The largest absolute Gasteiger partial charge is 0.497 e. The Labute approximate surface area is 152 Å². The lowest BCUT2D eigenvalue weighted by molar-refractivity contribution is -0.116. The van der Waals surface area contributed by atoms with Crippen LogP contribution < -0.4 is 15.6 Å². The van der Waals surface area contributed by atoms with Gasteiger partial charge in [0.05, 0.1) is 7.11 Å². The van der Waals surface area contributed by atoms with Crippen LogP contribution >= 0.6 is 0 Å². The maximum Gasteiger partial charge on any atom is 0.258 e. The zero-order valence-corrected chi connectivity index (χ0v) is 15.4. The van der Waals surface area contributed by atoms with Crippen molar-refractivity contribution in [1.82, 2.24) is 4.57 Å². The molecule has 0 aliphatic carbocycles. The van der Waals surface area contributed by atoms with Gasteiger partial charge in [-0.15, -0.1) is 0 Å². The Morgan fingerprint density at radius 3 is 2.42 bits per heavy atom. The molecule has 1 N–H and O–H groups in total. The summed E-state index contributed by atoms with van der Waals surface area (Å²) in [7, 11) is 1.59. The molecular weight excluding hydrogens is 328 g/mol. The maximum absolute atomic E-state index is 12.6. The third-order valence-electron chi connectivity index (χ3n) is 4.44. The van der Waals surface area contributed by atoms with E-state index in [-0.39, 0.29) is 18.0 Å². The van der Waals surface area contributed by atoms with Gasteiger partial charge >= 0.3 is 0 Å². The molecule has 2 aromatic carbocycles. The van der Waals surface area contributed by atoms with Gasteiger partial charge in [-0.05, 0) is 61.5 Å². The van der Waals surface area contributed by atoms with Crippen LogP contribution in [-0.2, 0) is 11.3 Å². The number of benzene rings is 2. The van der Waals surface area contributed by atoms with Crippen LogP contribution in [0.5, 0.6) is 5.75 Å². The molecule has 0 saturated heterocycles. The van der Waals surface area contributed by atoms with Crippen molar-refractivity contribution in [3.8, 4) is 5.75 Å². The highest BCUT2D eigenvalue weighted by molar-refractivity contribution is 5.92. The van der Waals surface area contributed by atoms with Crippen LogP contribution in [-0.4, -0.2) is 17.6 Å². The highest BCUT2D eigenvalue weighted by Crippen LogP contribution is 2.22. The summed E-state index contributed by atoms with van der Waals surface area (Å²) in [5.74, 6) is 0.465. The van der Waals surface area contributed by atoms with E-state index in [1.54, 1.807) is 31.5 Å². The molecule has 0 unspecified atom stereocenters. The number of pyridine rings is 1. The summed E-state index contributed by atoms with van der Waals surface area (Å²) in [5, 5.41) is 4.28. The molecule has 5 nitrogen and oxygen atoms in total. The van der Waals surface area contributed by atoms with E-state index < -0.39 is 0 Å². The van der Waals surface area contributed by atoms with E-state index in [9.17, 15) is 9.59 Å². The smallest absolute Gasteiger partial charge is 0.258 e. The number of aryl methyl sites for hydroxylation is 3. The summed E-state index contributed by atoms with van der Waals surface area (Å²) in [6.07, 6.45) is 1.64. The van der Waals surface area contributed by atoms with Crippen molar-refractivity contribution in [1.29, 1.82) is 0 Å². The van der Waals surface area contributed by atoms with Gasteiger partial charge in [-0.25, -0.2) is 0 Å². The molecule has 3 aromatic rings. The average molecular weight is 350 g/mol. The highest BCUT2D eigenvalue weighted by atomic mass is 16.5. The number of carbonyl (C=O) groups is 1. The number of methoxy groups -OCH3 is 1. The van der Waals surface area contributed by atoms with Gasteiger partial charge in [0.2, 0.25) is 5.91 Å². The van der Waals surface area contributed by atoms with Gasteiger partial charge in [-0.2, -0.15) is 0 Å². The SMILES string of the molecule is COc1ccc2c(=O)n(CC(=O)Nc3c(C)cc(C)cc3C)ccc2c1. The number of nitrogens with one attached hydrogen (secondary N) is 1. The van der Waals surface area contributed by atoms with Crippen molar-refractivity contribution in [2.24, 2.45) is 0 Å². The lowest BCUT2D eigenvalue weighted by atomic mass is 10.1. The fraction of sp³-hybridized carbons (Fsp3) is 0.238. The first-order valence-electron chi connectivity index (χ1n) is 8.44. The van der Waals surface area contributed by atoms with Gasteiger partial charge in [0.25, 0.3) is 5.56 Å². The first-order chi connectivity index (χ1) is 12.4. The molecule has 1 heterocycles. The fourth-order valence-corrected chi connectivity index (χ4v) is 3.23. The molecule has 0 aliphatic rings. The summed E-state index contributed by atoms with van der Waals surface area (Å²) in [5.41, 5.74) is 3.78. The van der Waals surface area contributed by atoms with E-state index in [4.69, 9.17) is 4.74 Å². The second-order valence-corrected chi connectivity index (χ2v) is 6.52. The Balaban J connectivity index is 1.86. The molecule has 5 heteroatoms. The molecular formula is C21H22N2O3. The minimum Gasteiger partial charge on any atom is -0.497 e. The molecule has 3 rings (SSSR count). The number of aromatic nitrogens is 1. The van der Waals surface area contributed by atoms with Gasteiger partial charge in [0.15, 0.2) is 0 Å². The van der Waals surface area contributed by atoms with Gasteiger partial charge in [0.1, 0.15) is 12.3 Å².